The van der Waals surface area contributed by atoms with Crippen LogP contribution in [0.3, 0.4) is 0 Å². The molecule has 0 aliphatic carbocycles. The van der Waals surface area contributed by atoms with Crippen LogP contribution in [0.1, 0.15) is 13.3 Å². The van der Waals surface area contributed by atoms with Crippen LogP contribution in [-0.2, 0) is 10.0 Å². The fourth-order valence-electron chi connectivity index (χ4n) is 1.43. The Morgan fingerprint density at radius 1 is 1.48 bits per heavy atom. The predicted molar refractivity (Wildman–Crippen MR) is 82.7 cm³/mol. The Bertz CT molecular complexity index is 724. The standard InChI is InChI=1S/C10H12N4O4S3/c1-2-3-11-9-7(14(15)16)6-8(20-9)21(17,18)13-10-12-4-5-19-10/h4-6,11H,2-3H2,1H3,(H,12,13). The van der Waals surface area contributed by atoms with Crippen molar-refractivity contribution >= 4 is 48.5 Å². The average Bonchev–Trinajstić information content (AvgIpc) is 3.04. The van der Waals surface area contributed by atoms with Gasteiger partial charge in [-0.05, 0) is 6.42 Å². The predicted octanol–water partition coefficient (Wildman–Crippen LogP) is 2.74. The Hall–Kier alpha value is -1.72. The highest BCUT2D eigenvalue weighted by Gasteiger charge is 2.26. The third-order valence-electron chi connectivity index (χ3n) is 2.34. The minimum absolute atomic E-state index is 0.122. The minimum Gasteiger partial charge on any atom is -0.371 e. The van der Waals surface area contributed by atoms with Crippen molar-refractivity contribution in [1.29, 1.82) is 0 Å². The maximum atomic E-state index is 12.2. The van der Waals surface area contributed by atoms with Crippen molar-refractivity contribution in [3.05, 3.63) is 27.8 Å². The molecule has 0 amide bonds. The number of nitrogens with one attached hydrogen (secondary N) is 2. The van der Waals surface area contributed by atoms with E-state index in [1.165, 1.54) is 6.20 Å². The fraction of sp³-hybridized carbons (Fsp3) is 0.300. The van der Waals surface area contributed by atoms with E-state index in [9.17, 15) is 18.5 Å². The van der Waals surface area contributed by atoms with Crippen molar-refractivity contribution in [3.63, 3.8) is 0 Å². The van der Waals surface area contributed by atoms with E-state index >= 15 is 0 Å². The first-order chi connectivity index (χ1) is 9.94. The summed E-state index contributed by atoms with van der Waals surface area (Å²) in [6.07, 6.45) is 2.24. The lowest BCUT2D eigenvalue weighted by Gasteiger charge is -2.01. The van der Waals surface area contributed by atoms with E-state index in [-0.39, 0.29) is 20.0 Å². The second kappa shape index (κ2) is 6.37. The van der Waals surface area contributed by atoms with E-state index in [1.54, 1.807) is 5.38 Å². The normalized spacial score (nSPS) is 11.3. The van der Waals surface area contributed by atoms with Gasteiger partial charge in [0.25, 0.3) is 10.0 Å². The molecule has 0 unspecified atom stereocenters. The van der Waals surface area contributed by atoms with Crippen LogP contribution in [0.4, 0.5) is 15.8 Å². The Kier molecular flexibility index (Phi) is 4.75. The summed E-state index contributed by atoms with van der Waals surface area (Å²) in [5, 5.41) is 15.9. The van der Waals surface area contributed by atoms with Crippen LogP contribution in [0.5, 0.6) is 0 Å². The molecule has 0 aromatic carbocycles. The van der Waals surface area contributed by atoms with Crippen LogP contribution in [0.15, 0.2) is 21.9 Å². The molecule has 0 fully saturated rings. The van der Waals surface area contributed by atoms with Gasteiger partial charge in [-0.15, -0.1) is 11.3 Å². The molecule has 2 rings (SSSR count). The molecular weight excluding hydrogens is 336 g/mol. The number of anilines is 2. The number of nitrogens with zero attached hydrogens (tertiary/aromatic N) is 2. The third kappa shape index (κ3) is 3.68. The van der Waals surface area contributed by atoms with E-state index in [2.05, 4.69) is 15.0 Å². The Morgan fingerprint density at radius 3 is 2.81 bits per heavy atom. The summed E-state index contributed by atoms with van der Waals surface area (Å²) in [4.78, 5) is 14.2. The first-order valence-electron chi connectivity index (χ1n) is 5.88. The van der Waals surface area contributed by atoms with Gasteiger partial charge in [0, 0.05) is 24.2 Å². The molecule has 0 spiro atoms. The van der Waals surface area contributed by atoms with Crippen LogP contribution in [0, 0.1) is 10.1 Å². The number of nitro groups is 1. The highest BCUT2D eigenvalue weighted by Crippen LogP contribution is 2.37. The molecule has 0 radical (unpaired) electrons. The van der Waals surface area contributed by atoms with Crippen LogP contribution in [0.25, 0.3) is 0 Å². The molecule has 0 aliphatic heterocycles. The Balaban J connectivity index is 2.32. The van der Waals surface area contributed by atoms with Gasteiger partial charge in [-0.2, -0.15) is 0 Å². The van der Waals surface area contributed by atoms with Crippen molar-refractivity contribution in [2.45, 2.75) is 17.6 Å². The number of thiophene rings is 1. The summed E-state index contributed by atoms with van der Waals surface area (Å²) in [6, 6.07) is 1.05. The van der Waals surface area contributed by atoms with Crippen LogP contribution in [-0.4, -0.2) is 24.9 Å². The second-order valence-corrected chi connectivity index (χ2v) is 7.76. The van der Waals surface area contributed by atoms with Gasteiger partial charge in [-0.1, -0.05) is 18.3 Å². The quantitative estimate of drug-likeness (QED) is 0.587. The van der Waals surface area contributed by atoms with E-state index in [0.717, 1.165) is 35.2 Å². The molecule has 0 aliphatic rings. The summed E-state index contributed by atoms with van der Waals surface area (Å²) in [5.74, 6) is 0. The molecule has 0 atom stereocenters. The fourth-order valence-corrected chi connectivity index (χ4v) is 4.57. The molecule has 11 heteroatoms. The molecule has 2 heterocycles. The minimum atomic E-state index is -3.87. The Morgan fingerprint density at radius 2 is 2.24 bits per heavy atom. The van der Waals surface area contributed by atoms with Gasteiger partial charge in [0.2, 0.25) is 0 Å². The molecule has 2 aromatic rings. The zero-order chi connectivity index (χ0) is 15.5. The monoisotopic (exact) mass is 348 g/mol. The van der Waals surface area contributed by atoms with E-state index in [4.69, 9.17) is 0 Å². The summed E-state index contributed by atoms with van der Waals surface area (Å²) in [7, 11) is -3.87. The van der Waals surface area contributed by atoms with Gasteiger partial charge >= 0.3 is 5.69 Å². The van der Waals surface area contributed by atoms with Crippen molar-refractivity contribution in [1.82, 2.24) is 4.98 Å². The highest BCUT2D eigenvalue weighted by molar-refractivity contribution is 7.95. The maximum Gasteiger partial charge on any atom is 0.304 e. The molecule has 8 nitrogen and oxygen atoms in total. The SMILES string of the molecule is CCCNc1sc(S(=O)(=O)Nc2nccs2)cc1[N+](=O)[O-]. The van der Waals surface area contributed by atoms with E-state index in [1.807, 2.05) is 6.92 Å². The zero-order valence-electron chi connectivity index (χ0n) is 10.9. The molecule has 21 heavy (non-hydrogen) atoms. The number of aromatic nitrogens is 1. The first-order valence-corrected chi connectivity index (χ1v) is 9.06. The van der Waals surface area contributed by atoms with E-state index in [0.29, 0.717) is 6.54 Å². The smallest absolute Gasteiger partial charge is 0.304 e. The highest BCUT2D eigenvalue weighted by atomic mass is 32.2. The lowest BCUT2D eigenvalue weighted by atomic mass is 10.4. The van der Waals surface area contributed by atoms with Gasteiger partial charge in [0.1, 0.15) is 4.21 Å². The number of thiazole rings is 1. The Labute approximate surface area is 129 Å². The first kappa shape index (κ1) is 15.7. The van der Waals surface area contributed by atoms with Gasteiger partial charge in [0.15, 0.2) is 10.1 Å². The number of rotatable bonds is 7. The third-order valence-corrected chi connectivity index (χ3v) is 6.05. The molecule has 2 N–H and O–H groups in total. The van der Waals surface area contributed by atoms with Gasteiger partial charge in [0.05, 0.1) is 4.92 Å². The number of sulfonamides is 1. The second-order valence-electron chi connectivity index (χ2n) is 3.91. The lowest BCUT2D eigenvalue weighted by molar-refractivity contribution is -0.383. The van der Waals surface area contributed by atoms with Crippen molar-refractivity contribution < 1.29 is 13.3 Å². The van der Waals surface area contributed by atoms with Crippen LogP contribution >= 0.6 is 22.7 Å². The van der Waals surface area contributed by atoms with Crippen LogP contribution < -0.4 is 10.0 Å². The van der Waals surface area contributed by atoms with Gasteiger partial charge in [-0.25, -0.2) is 13.4 Å². The molecular formula is C10H12N4O4S3. The molecule has 0 saturated heterocycles. The summed E-state index contributed by atoms with van der Waals surface area (Å²) in [6.45, 7) is 2.44. The molecule has 114 valence electrons. The zero-order valence-corrected chi connectivity index (χ0v) is 13.3. The molecule has 0 bridgehead atoms. The van der Waals surface area contributed by atoms with Gasteiger partial charge < -0.3 is 5.32 Å². The lowest BCUT2D eigenvalue weighted by Crippen LogP contribution is -2.11. The van der Waals surface area contributed by atoms with Crippen molar-refractivity contribution in [3.8, 4) is 0 Å². The summed E-state index contributed by atoms with van der Waals surface area (Å²) < 4.78 is 26.5. The average molecular weight is 348 g/mol. The van der Waals surface area contributed by atoms with E-state index < -0.39 is 14.9 Å². The van der Waals surface area contributed by atoms with Crippen LogP contribution in [0.2, 0.25) is 0 Å². The van der Waals surface area contributed by atoms with Crippen molar-refractivity contribution in [2.75, 3.05) is 16.6 Å². The molecule has 2 aromatic heterocycles. The number of hydrogen-bond acceptors (Lipinski definition) is 8. The number of hydrogen-bond donors (Lipinski definition) is 2. The topological polar surface area (TPSA) is 114 Å². The largest absolute Gasteiger partial charge is 0.371 e. The maximum absolute atomic E-state index is 12.2. The summed E-state index contributed by atoms with van der Waals surface area (Å²) >= 11 is 1.96. The van der Waals surface area contributed by atoms with Crippen molar-refractivity contribution in [2.24, 2.45) is 0 Å². The van der Waals surface area contributed by atoms with Gasteiger partial charge in [-0.3, -0.25) is 14.8 Å². The summed E-state index contributed by atoms with van der Waals surface area (Å²) in [5.41, 5.74) is -0.243. The molecule has 0 saturated carbocycles.